The number of hydrogen-bond acceptors (Lipinski definition) is 2. The summed E-state index contributed by atoms with van der Waals surface area (Å²) in [5, 5.41) is 3.09. The Hall–Kier alpha value is -0.280. The Bertz CT molecular complexity index is 208. The topological polar surface area (TPSA) is 32.3 Å². The van der Waals surface area contributed by atoms with E-state index in [0.717, 1.165) is 19.5 Å². The van der Waals surface area contributed by atoms with Crippen molar-refractivity contribution in [1.82, 2.24) is 10.2 Å². The van der Waals surface area contributed by atoms with E-state index in [0.29, 0.717) is 12.6 Å². The van der Waals surface area contributed by atoms with Crippen LogP contribution >= 0.6 is 12.4 Å². The number of unbranched alkanes of at least 4 members (excludes halogenated alkanes) is 4. The predicted molar refractivity (Wildman–Crippen MR) is 86.0 cm³/mol. The predicted octanol–water partition coefficient (Wildman–Crippen LogP) is 3.62. The molecule has 0 rings (SSSR count). The molecule has 0 bridgehead atoms. The molecule has 0 aromatic carbocycles. The number of nitrogens with zero attached hydrogens (tertiary/aromatic N) is 1. The van der Waals surface area contributed by atoms with Crippen LogP contribution in [0.1, 0.15) is 66.2 Å². The molecule has 0 aliphatic heterocycles. The molecule has 0 aliphatic carbocycles. The van der Waals surface area contributed by atoms with Gasteiger partial charge in [-0.05, 0) is 26.4 Å². The molecule has 1 atom stereocenters. The van der Waals surface area contributed by atoms with Gasteiger partial charge in [0.2, 0.25) is 5.91 Å². The summed E-state index contributed by atoms with van der Waals surface area (Å²) >= 11 is 0. The highest BCUT2D eigenvalue weighted by Crippen LogP contribution is 2.07. The van der Waals surface area contributed by atoms with E-state index in [1.165, 1.54) is 32.1 Å². The molecule has 116 valence electrons. The summed E-state index contributed by atoms with van der Waals surface area (Å²) < 4.78 is 0. The van der Waals surface area contributed by atoms with Gasteiger partial charge in [-0.2, -0.15) is 0 Å². The standard InChI is InChI=1S/C15H32N2O.ClH/c1-5-8-9-10-11-12-14(4)16-15(18)13-17(6-2)7-3;/h14H,5-13H2,1-4H3,(H,16,18);1H. The number of carbonyl (C=O) groups is 1. The Morgan fingerprint density at radius 1 is 1.05 bits per heavy atom. The third-order valence-corrected chi connectivity index (χ3v) is 3.41. The maximum Gasteiger partial charge on any atom is 0.234 e. The first kappa shape index (κ1) is 21.0. The van der Waals surface area contributed by atoms with E-state index in [9.17, 15) is 4.79 Å². The van der Waals surface area contributed by atoms with Gasteiger partial charge >= 0.3 is 0 Å². The number of amides is 1. The largest absolute Gasteiger partial charge is 0.353 e. The summed E-state index contributed by atoms with van der Waals surface area (Å²) in [6.07, 6.45) is 7.58. The van der Waals surface area contributed by atoms with E-state index in [-0.39, 0.29) is 18.3 Å². The summed E-state index contributed by atoms with van der Waals surface area (Å²) in [5.74, 6) is 0.166. The smallest absolute Gasteiger partial charge is 0.234 e. The molecule has 0 saturated heterocycles. The summed E-state index contributed by atoms with van der Waals surface area (Å²) in [6, 6.07) is 0.315. The Balaban J connectivity index is 0. The molecule has 0 fully saturated rings. The van der Waals surface area contributed by atoms with E-state index in [4.69, 9.17) is 0 Å². The van der Waals surface area contributed by atoms with Gasteiger partial charge in [0.05, 0.1) is 6.54 Å². The van der Waals surface area contributed by atoms with Crippen molar-refractivity contribution in [1.29, 1.82) is 0 Å². The maximum absolute atomic E-state index is 11.8. The van der Waals surface area contributed by atoms with Crippen LogP contribution in [0.25, 0.3) is 0 Å². The van der Waals surface area contributed by atoms with Crippen molar-refractivity contribution in [3.05, 3.63) is 0 Å². The summed E-state index contributed by atoms with van der Waals surface area (Å²) in [4.78, 5) is 13.9. The summed E-state index contributed by atoms with van der Waals surface area (Å²) in [6.45, 7) is 10.9. The maximum atomic E-state index is 11.8. The first-order chi connectivity index (χ1) is 8.63. The molecule has 19 heavy (non-hydrogen) atoms. The Kier molecular flexibility index (Phi) is 15.6. The fourth-order valence-corrected chi connectivity index (χ4v) is 2.10. The number of nitrogens with one attached hydrogen (secondary N) is 1. The highest BCUT2D eigenvalue weighted by Gasteiger charge is 2.10. The number of likely N-dealkylation sites (N-methyl/N-ethyl adjacent to an activating group) is 1. The van der Waals surface area contributed by atoms with Crippen LogP contribution in [0, 0.1) is 0 Å². The van der Waals surface area contributed by atoms with E-state index >= 15 is 0 Å². The highest BCUT2D eigenvalue weighted by atomic mass is 35.5. The van der Waals surface area contributed by atoms with Crippen molar-refractivity contribution in [2.24, 2.45) is 0 Å². The second-order valence-corrected chi connectivity index (χ2v) is 5.13. The second kappa shape index (κ2) is 14.1. The number of rotatable bonds is 11. The molecular weight excluding hydrogens is 260 g/mol. The van der Waals surface area contributed by atoms with Crippen LogP contribution in [0.5, 0.6) is 0 Å². The van der Waals surface area contributed by atoms with Crippen LogP contribution in [0.4, 0.5) is 0 Å². The Labute approximate surface area is 125 Å². The minimum Gasteiger partial charge on any atom is -0.353 e. The highest BCUT2D eigenvalue weighted by molar-refractivity contribution is 5.85. The van der Waals surface area contributed by atoms with Crippen LogP contribution in [0.15, 0.2) is 0 Å². The Morgan fingerprint density at radius 2 is 1.63 bits per heavy atom. The Morgan fingerprint density at radius 3 is 2.16 bits per heavy atom. The lowest BCUT2D eigenvalue weighted by molar-refractivity contribution is -0.122. The minimum absolute atomic E-state index is 0. The molecule has 0 radical (unpaired) electrons. The fourth-order valence-electron chi connectivity index (χ4n) is 2.10. The van der Waals surface area contributed by atoms with Gasteiger partial charge in [-0.3, -0.25) is 9.69 Å². The van der Waals surface area contributed by atoms with Crippen LogP contribution < -0.4 is 5.32 Å². The van der Waals surface area contributed by atoms with Gasteiger partial charge in [-0.1, -0.05) is 52.9 Å². The van der Waals surface area contributed by atoms with Gasteiger partial charge in [0.1, 0.15) is 0 Å². The molecule has 0 spiro atoms. The number of hydrogen-bond donors (Lipinski definition) is 1. The normalized spacial score (nSPS) is 12.1. The van der Waals surface area contributed by atoms with Gasteiger partial charge in [-0.25, -0.2) is 0 Å². The minimum atomic E-state index is 0. The van der Waals surface area contributed by atoms with E-state index in [1.807, 2.05) is 0 Å². The van der Waals surface area contributed by atoms with Crippen molar-refractivity contribution < 1.29 is 4.79 Å². The van der Waals surface area contributed by atoms with Crippen LogP contribution in [0.2, 0.25) is 0 Å². The van der Waals surface area contributed by atoms with Crippen molar-refractivity contribution in [3.8, 4) is 0 Å². The summed E-state index contributed by atoms with van der Waals surface area (Å²) in [5.41, 5.74) is 0. The number of halogens is 1. The molecule has 0 saturated carbocycles. The zero-order valence-electron chi connectivity index (χ0n) is 13.2. The van der Waals surface area contributed by atoms with Crippen molar-refractivity contribution in [2.75, 3.05) is 19.6 Å². The molecule has 1 N–H and O–H groups in total. The monoisotopic (exact) mass is 292 g/mol. The third-order valence-electron chi connectivity index (χ3n) is 3.41. The SMILES string of the molecule is CCCCCCCC(C)NC(=O)CN(CC)CC.Cl. The molecule has 0 aromatic rings. The average Bonchev–Trinajstić information content (AvgIpc) is 2.35. The average molecular weight is 293 g/mol. The fraction of sp³-hybridized carbons (Fsp3) is 0.933. The van der Waals surface area contributed by atoms with Gasteiger partial charge in [0.15, 0.2) is 0 Å². The zero-order valence-corrected chi connectivity index (χ0v) is 14.0. The van der Waals surface area contributed by atoms with Gasteiger partial charge in [0.25, 0.3) is 0 Å². The zero-order chi connectivity index (χ0) is 13.8. The molecule has 0 heterocycles. The number of carbonyl (C=O) groups excluding carboxylic acids is 1. The van der Waals surface area contributed by atoms with Crippen LogP contribution in [-0.4, -0.2) is 36.5 Å². The molecule has 0 aliphatic rings. The lowest BCUT2D eigenvalue weighted by atomic mass is 10.1. The van der Waals surface area contributed by atoms with Crippen molar-refractivity contribution in [2.45, 2.75) is 72.3 Å². The lowest BCUT2D eigenvalue weighted by Crippen LogP contribution is -2.40. The van der Waals surface area contributed by atoms with Crippen molar-refractivity contribution in [3.63, 3.8) is 0 Å². The quantitative estimate of drug-likeness (QED) is 0.590. The molecule has 1 amide bonds. The molecular formula is C15H33ClN2O. The van der Waals surface area contributed by atoms with E-state index in [1.54, 1.807) is 0 Å². The van der Waals surface area contributed by atoms with E-state index < -0.39 is 0 Å². The lowest BCUT2D eigenvalue weighted by Gasteiger charge is -2.19. The molecule has 0 aromatic heterocycles. The first-order valence-electron chi connectivity index (χ1n) is 7.65. The molecule has 4 heteroatoms. The van der Waals surface area contributed by atoms with Gasteiger partial charge in [0, 0.05) is 6.04 Å². The van der Waals surface area contributed by atoms with Gasteiger partial charge < -0.3 is 5.32 Å². The molecule has 1 unspecified atom stereocenters. The van der Waals surface area contributed by atoms with Crippen LogP contribution in [-0.2, 0) is 4.79 Å². The third kappa shape index (κ3) is 12.5. The summed E-state index contributed by atoms with van der Waals surface area (Å²) in [7, 11) is 0. The van der Waals surface area contributed by atoms with Gasteiger partial charge in [-0.15, -0.1) is 12.4 Å². The van der Waals surface area contributed by atoms with Crippen LogP contribution in [0.3, 0.4) is 0 Å². The molecule has 3 nitrogen and oxygen atoms in total. The van der Waals surface area contributed by atoms with E-state index in [2.05, 4.69) is 37.9 Å². The first-order valence-corrected chi connectivity index (χ1v) is 7.65. The second-order valence-electron chi connectivity index (χ2n) is 5.13. The van der Waals surface area contributed by atoms with Crippen molar-refractivity contribution >= 4 is 18.3 Å².